The van der Waals surface area contributed by atoms with E-state index in [-0.39, 0.29) is 11.3 Å². The third-order valence-corrected chi connectivity index (χ3v) is 4.69. The number of aromatic hydroxyl groups is 1. The summed E-state index contributed by atoms with van der Waals surface area (Å²) in [6, 6.07) is 6.83. The molecule has 0 fully saturated rings. The summed E-state index contributed by atoms with van der Waals surface area (Å²) in [6.45, 7) is 5.64. The largest absolute Gasteiger partial charge is 0.507 e. The lowest BCUT2D eigenvalue weighted by molar-refractivity contribution is 0.474. The molecule has 0 saturated carbocycles. The molecule has 0 aliphatic heterocycles. The predicted octanol–water partition coefficient (Wildman–Crippen LogP) is 2.97. The summed E-state index contributed by atoms with van der Waals surface area (Å²) < 4.78 is 1.27. The highest BCUT2D eigenvalue weighted by Gasteiger charge is 2.14. The van der Waals surface area contributed by atoms with Gasteiger partial charge in [0.1, 0.15) is 16.4 Å². The zero-order chi connectivity index (χ0) is 15.9. The highest BCUT2D eigenvalue weighted by Crippen LogP contribution is 2.26. The van der Waals surface area contributed by atoms with Crippen LogP contribution < -0.4 is 5.56 Å². The molecular weight excluding hydrogens is 298 g/mol. The molecule has 1 N–H and O–H groups in total. The average Bonchev–Trinajstić information content (AvgIpc) is 2.75. The highest BCUT2D eigenvalue weighted by atomic mass is 32.1. The maximum atomic E-state index is 12.6. The molecule has 3 aromatic rings. The summed E-state index contributed by atoms with van der Waals surface area (Å²) in [5.74, 6) is 0.638. The second kappa shape index (κ2) is 5.38. The molecule has 0 bridgehead atoms. The Morgan fingerprint density at radius 3 is 2.73 bits per heavy atom. The molecule has 0 amide bonds. The van der Waals surface area contributed by atoms with Crippen molar-refractivity contribution in [3.63, 3.8) is 0 Å². The van der Waals surface area contributed by atoms with Crippen LogP contribution in [0.25, 0.3) is 10.2 Å². The van der Waals surface area contributed by atoms with Crippen molar-refractivity contribution in [2.45, 2.75) is 20.8 Å². The SMILES string of the molecule is Cc1sc2nc(C)n(/N=C\c3ccccc3O)c(=O)c2c1C. The van der Waals surface area contributed by atoms with Crippen molar-refractivity contribution in [3.05, 3.63) is 56.4 Å². The normalized spacial score (nSPS) is 11.6. The summed E-state index contributed by atoms with van der Waals surface area (Å²) >= 11 is 1.52. The van der Waals surface area contributed by atoms with E-state index >= 15 is 0 Å². The quantitative estimate of drug-likeness (QED) is 0.740. The summed E-state index contributed by atoms with van der Waals surface area (Å²) in [7, 11) is 0. The fourth-order valence-electron chi connectivity index (χ4n) is 2.24. The number of hydrogen-bond donors (Lipinski definition) is 1. The Morgan fingerprint density at radius 1 is 1.27 bits per heavy atom. The first-order chi connectivity index (χ1) is 10.5. The first-order valence-corrected chi connectivity index (χ1v) is 7.62. The van der Waals surface area contributed by atoms with E-state index in [2.05, 4.69) is 10.1 Å². The van der Waals surface area contributed by atoms with Gasteiger partial charge < -0.3 is 5.11 Å². The van der Waals surface area contributed by atoms with E-state index in [0.29, 0.717) is 16.8 Å². The van der Waals surface area contributed by atoms with Crippen molar-refractivity contribution in [2.24, 2.45) is 5.10 Å². The lowest BCUT2D eigenvalue weighted by Crippen LogP contribution is -2.20. The molecule has 22 heavy (non-hydrogen) atoms. The number of aryl methyl sites for hydroxylation is 3. The Labute approximate surface area is 131 Å². The van der Waals surface area contributed by atoms with Crippen molar-refractivity contribution in [1.82, 2.24) is 9.66 Å². The first kappa shape index (κ1) is 14.5. The zero-order valence-corrected chi connectivity index (χ0v) is 13.3. The minimum atomic E-state index is -0.184. The molecule has 0 aliphatic rings. The van der Waals surface area contributed by atoms with E-state index < -0.39 is 0 Å². The highest BCUT2D eigenvalue weighted by molar-refractivity contribution is 7.18. The molecule has 1 aromatic carbocycles. The number of rotatable bonds is 2. The van der Waals surface area contributed by atoms with Crippen LogP contribution in [0, 0.1) is 20.8 Å². The molecule has 0 unspecified atom stereocenters. The van der Waals surface area contributed by atoms with E-state index in [1.807, 2.05) is 13.8 Å². The van der Waals surface area contributed by atoms with Crippen LogP contribution in [0.15, 0.2) is 34.2 Å². The monoisotopic (exact) mass is 313 g/mol. The number of nitrogens with zero attached hydrogens (tertiary/aromatic N) is 3. The number of phenolic OH excluding ortho intramolecular Hbond substituents is 1. The second-order valence-electron chi connectivity index (χ2n) is 5.04. The minimum absolute atomic E-state index is 0.119. The van der Waals surface area contributed by atoms with Gasteiger partial charge in [-0.25, -0.2) is 4.98 Å². The summed E-state index contributed by atoms with van der Waals surface area (Å²) in [6.07, 6.45) is 1.46. The lowest BCUT2D eigenvalue weighted by Gasteiger charge is -2.04. The van der Waals surface area contributed by atoms with Crippen LogP contribution in [-0.2, 0) is 0 Å². The Morgan fingerprint density at radius 2 is 2.00 bits per heavy atom. The van der Waals surface area contributed by atoms with Crippen LogP contribution in [-0.4, -0.2) is 21.0 Å². The van der Waals surface area contributed by atoms with Crippen molar-refractivity contribution >= 4 is 27.8 Å². The fraction of sp³-hybridized carbons (Fsp3) is 0.188. The number of thiophene rings is 1. The third kappa shape index (κ3) is 2.31. The van der Waals surface area contributed by atoms with Gasteiger partial charge in [-0.1, -0.05) is 12.1 Å². The molecule has 0 aliphatic carbocycles. The van der Waals surface area contributed by atoms with Gasteiger partial charge in [-0.05, 0) is 38.5 Å². The molecule has 6 heteroatoms. The van der Waals surface area contributed by atoms with Crippen molar-refractivity contribution in [3.8, 4) is 5.75 Å². The van der Waals surface area contributed by atoms with Gasteiger partial charge in [0.25, 0.3) is 5.56 Å². The van der Waals surface area contributed by atoms with Crippen molar-refractivity contribution in [1.29, 1.82) is 0 Å². The maximum Gasteiger partial charge on any atom is 0.283 e. The van der Waals surface area contributed by atoms with Gasteiger partial charge in [0.2, 0.25) is 0 Å². The van der Waals surface area contributed by atoms with Crippen LogP contribution in [0.3, 0.4) is 0 Å². The minimum Gasteiger partial charge on any atom is -0.507 e. The number of phenols is 1. The standard InChI is InChI=1S/C16H15N3O2S/c1-9-10(2)22-15-14(9)16(21)19(11(3)18-15)17-8-12-6-4-5-7-13(12)20/h4-8,20H,1-3H3/b17-8-. The van der Waals surface area contributed by atoms with Crippen LogP contribution >= 0.6 is 11.3 Å². The van der Waals surface area contributed by atoms with Gasteiger partial charge in [-0.2, -0.15) is 9.78 Å². The summed E-state index contributed by atoms with van der Waals surface area (Å²) in [5, 5.41) is 14.6. The van der Waals surface area contributed by atoms with E-state index in [1.165, 1.54) is 22.2 Å². The van der Waals surface area contributed by atoms with Gasteiger partial charge in [0.15, 0.2) is 0 Å². The first-order valence-electron chi connectivity index (χ1n) is 6.80. The van der Waals surface area contributed by atoms with Crippen LogP contribution in [0.4, 0.5) is 0 Å². The maximum absolute atomic E-state index is 12.6. The number of benzene rings is 1. The van der Waals surface area contributed by atoms with Gasteiger partial charge in [0.05, 0.1) is 11.6 Å². The van der Waals surface area contributed by atoms with E-state index in [1.54, 1.807) is 31.2 Å². The van der Waals surface area contributed by atoms with Gasteiger partial charge in [-0.15, -0.1) is 11.3 Å². The Balaban J connectivity index is 2.17. The predicted molar refractivity (Wildman–Crippen MR) is 89.2 cm³/mol. The topological polar surface area (TPSA) is 67.5 Å². The molecular formula is C16H15N3O2S. The average molecular weight is 313 g/mol. The molecule has 5 nitrogen and oxygen atoms in total. The number of aromatic nitrogens is 2. The number of para-hydroxylation sites is 1. The van der Waals surface area contributed by atoms with Crippen LogP contribution in [0.2, 0.25) is 0 Å². The van der Waals surface area contributed by atoms with Gasteiger partial charge in [0, 0.05) is 10.4 Å². The van der Waals surface area contributed by atoms with E-state index in [9.17, 15) is 9.90 Å². The van der Waals surface area contributed by atoms with Crippen molar-refractivity contribution < 1.29 is 5.11 Å². The Kier molecular flexibility index (Phi) is 3.54. The molecule has 0 atom stereocenters. The zero-order valence-electron chi connectivity index (χ0n) is 12.5. The second-order valence-corrected chi connectivity index (χ2v) is 6.25. The van der Waals surface area contributed by atoms with Crippen LogP contribution in [0.5, 0.6) is 5.75 Å². The molecule has 112 valence electrons. The molecule has 3 rings (SSSR count). The summed E-state index contributed by atoms with van der Waals surface area (Å²) in [5.41, 5.74) is 1.31. The van der Waals surface area contributed by atoms with Crippen molar-refractivity contribution in [2.75, 3.05) is 0 Å². The molecule has 2 aromatic heterocycles. The Bertz CT molecular complexity index is 954. The van der Waals surface area contributed by atoms with Gasteiger partial charge in [-0.3, -0.25) is 4.79 Å². The third-order valence-electron chi connectivity index (χ3n) is 3.59. The van der Waals surface area contributed by atoms with E-state index in [4.69, 9.17) is 0 Å². The molecule has 0 radical (unpaired) electrons. The smallest absolute Gasteiger partial charge is 0.283 e. The van der Waals surface area contributed by atoms with E-state index in [0.717, 1.165) is 15.3 Å². The molecule has 2 heterocycles. The van der Waals surface area contributed by atoms with Gasteiger partial charge >= 0.3 is 0 Å². The number of fused-ring (bicyclic) bond motifs is 1. The summed E-state index contributed by atoms with van der Waals surface area (Å²) in [4.78, 5) is 18.9. The lowest BCUT2D eigenvalue weighted by atomic mass is 10.2. The fourth-order valence-corrected chi connectivity index (χ4v) is 3.30. The molecule has 0 spiro atoms. The number of hydrogen-bond acceptors (Lipinski definition) is 5. The Hall–Kier alpha value is -2.47. The molecule has 0 saturated heterocycles. The van der Waals surface area contributed by atoms with Crippen LogP contribution in [0.1, 0.15) is 21.8 Å².